The average molecular weight is 312 g/mol. The average Bonchev–Trinajstić information content (AvgIpc) is 2.49. The molecule has 0 aromatic heterocycles. The molecule has 0 spiro atoms. The van der Waals surface area contributed by atoms with Crippen molar-refractivity contribution in [2.45, 2.75) is 58.4 Å². The Balaban J connectivity index is 2.27. The lowest BCUT2D eigenvalue weighted by molar-refractivity contribution is 0.173. The lowest BCUT2D eigenvalue weighted by atomic mass is 9.72. The van der Waals surface area contributed by atoms with Gasteiger partial charge in [-0.25, -0.2) is 4.39 Å². The van der Waals surface area contributed by atoms with Crippen molar-refractivity contribution in [2.24, 2.45) is 11.8 Å². The lowest BCUT2D eigenvalue weighted by Crippen LogP contribution is -2.35. The molecule has 1 aliphatic rings. The van der Waals surface area contributed by atoms with Crippen LogP contribution in [0.5, 0.6) is 0 Å². The quantitative estimate of drug-likeness (QED) is 0.706. The molecule has 3 unspecified atom stereocenters. The van der Waals surface area contributed by atoms with Gasteiger partial charge in [0.15, 0.2) is 0 Å². The summed E-state index contributed by atoms with van der Waals surface area (Å²) in [5, 5.41) is 4.07. The van der Waals surface area contributed by atoms with Gasteiger partial charge in [-0.1, -0.05) is 57.2 Å². The molecule has 0 radical (unpaired) electrons. The topological polar surface area (TPSA) is 12.0 Å². The Morgan fingerprint density at radius 1 is 1.29 bits per heavy atom. The highest BCUT2D eigenvalue weighted by Gasteiger charge is 2.32. The predicted molar refractivity (Wildman–Crippen MR) is 88.2 cm³/mol. The minimum Gasteiger partial charge on any atom is -0.310 e. The van der Waals surface area contributed by atoms with Gasteiger partial charge in [0.2, 0.25) is 0 Å². The van der Waals surface area contributed by atoms with Gasteiger partial charge in [0.1, 0.15) is 5.82 Å². The Kier molecular flexibility index (Phi) is 6.50. The molecule has 2 rings (SSSR count). The van der Waals surface area contributed by atoms with Crippen LogP contribution in [-0.2, 0) is 0 Å². The first-order valence-electron chi connectivity index (χ1n) is 8.35. The predicted octanol–water partition coefficient (Wildman–Crippen LogP) is 5.74. The molecule has 1 aromatic rings. The Morgan fingerprint density at radius 3 is 2.71 bits per heavy atom. The van der Waals surface area contributed by atoms with E-state index in [1.54, 1.807) is 0 Å². The number of halogens is 2. The summed E-state index contributed by atoms with van der Waals surface area (Å²) in [4.78, 5) is 0. The van der Waals surface area contributed by atoms with Gasteiger partial charge in [0.25, 0.3) is 0 Å². The molecule has 21 heavy (non-hydrogen) atoms. The van der Waals surface area contributed by atoms with Crippen molar-refractivity contribution in [3.63, 3.8) is 0 Å². The van der Waals surface area contributed by atoms with E-state index >= 15 is 0 Å². The molecule has 1 fully saturated rings. The van der Waals surface area contributed by atoms with Crippen LogP contribution < -0.4 is 5.32 Å². The molecule has 1 saturated carbocycles. The van der Waals surface area contributed by atoms with Gasteiger partial charge < -0.3 is 5.32 Å². The fraction of sp³-hybridized carbons (Fsp3) is 0.667. The number of hydrogen-bond acceptors (Lipinski definition) is 1. The molecule has 3 atom stereocenters. The lowest BCUT2D eigenvalue weighted by Gasteiger charge is -2.38. The summed E-state index contributed by atoms with van der Waals surface area (Å²) >= 11 is 5.91. The molecule has 0 amide bonds. The van der Waals surface area contributed by atoms with Gasteiger partial charge in [-0.2, -0.15) is 0 Å². The van der Waals surface area contributed by atoms with E-state index in [0.717, 1.165) is 18.5 Å². The van der Waals surface area contributed by atoms with Crippen LogP contribution in [0.4, 0.5) is 4.39 Å². The van der Waals surface area contributed by atoms with Gasteiger partial charge in [0, 0.05) is 16.6 Å². The second-order valence-electron chi connectivity index (χ2n) is 6.21. The van der Waals surface area contributed by atoms with E-state index < -0.39 is 0 Å². The molecular formula is C18H27ClFN. The maximum Gasteiger partial charge on any atom is 0.129 e. The van der Waals surface area contributed by atoms with Gasteiger partial charge in [-0.3, -0.25) is 0 Å². The van der Waals surface area contributed by atoms with Crippen LogP contribution in [0.2, 0.25) is 5.02 Å². The maximum atomic E-state index is 14.4. The van der Waals surface area contributed by atoms with Crippen LogP contribution >= 0.6 is 11.6 Å². The van der Waals surface area contributed by atoms with E-state index in [1.165, 1.54) is 38.2 Å². The Morgan fingerprint density at radius 2 is 2.05 bits per heavy atom. The third-order valence-electron chi connectivity index (χ3n) is 4.83. The first kappa shape index (κ1) is 16.8. The molecule has 3 heteroatoms. The highest BCUT2D eigenvalue weighted by molar-refractivity contribution is 6.30. The van der Waals surface area contributed by atoms with Gasteiger partial charge in [0.05, 0.1) is 0 Å². The summed E-state index contributed by atoms with van der Waals surface area (Å²) in [5.74, 6) is 1.06. The van der Waals surface area contributed by atoms with Crippen molar-refractivity contribution < 1.29 is 4.39 Å². The number of rotatable bonds is 6. The van der Waals surface area contributed by atoms with Crippen LogP contribution in [0.3, 0.4) is 0 Å². The SMILES string of the molecule is CCCNC(c1ccc(Cl)cc1F)C1CCCCC1CC. The highest BCUT2D eigenvalue weighted by Crippen LogP contribution is 2.41. The van der Waals surface area contributed by atoms with Crippen LogP contribution in [0, 0.1) is 17.7 Å². The van der Waals surface area contributed by atoms with Crippen LogP contribution in [-0.4, -0.2) is 6.54 Å². The second-order valence-corrected chi connectivity index (χ2v) is 6.65. The summed E-state index contributed by atoms with van der Waals surface area (Å²) in [6.07, 6.45) is 7.31. The zero-order valence-corrected chi connectivity index (χ0v) is 13.9. The number of nitrogens with one attached hydrogen (secondary N) is 1. The molecule has 0 saturated heterocycles. The smallest absolute Gasteiger partial charge is 0.129 e. The third kappa shape index (κ3) is 4.20. The minimum absolute atomic E-state index is 0.118. The summed E-state index contributed by atoms with van der Waals surface area (Å²) in [6, 6.07) is 5.24. The van der Waals surface area contributed by atoms with E-state index in [1.807, 2.05) is 12.1 Å². The fourth-order valence-corrected chi connectivity index (χ4v) is 3.89. The molecule has 0 bridgehead atoms. The van der Waals surface area contributed by atoms with E-state index in [4.69, 9.17) is 11.6 Å². The fourth-order valence-electron chi connectivity index (χ4n) is 3.73. The van der Waals surface area contributed by atoms with Gasteiger partial charge >= 0.3 is 0 Å². The van der Waals surface area contributed by atoms with Crippen molar-refractivity contribution in [3.05, 3.63) is 34.6 Å². The standard InChI is InChI=1S/C18H27ClFN/c1-3-11-21-18(15-8-6-5-7-13(15)4-2)16-10-9-14(19)12-17(16)20/h9-10,12-13,15,18,21H,3-8,11H2,1-2H3. The van der Waals surface area contributed by atoms with Crippen molar-refractivity contribution >= 4 is 11.6 Å². The van der Waals surface area contributed by atoms with Crippen LogP contribution in [0.1, 0.15) is 64.0 Å². The Bertz CT molecular complexity index is 449. The van der Waals surface area contributed by atoms with Crippen molar-refractivity contribution in [1.82, 2.24) is 5.32 Å². The van der Waals surface area contributed by atoms with Crippen LogP contribution in [0.25, 0.3) is 0 Å². The first-order chi connectivity index (χ1) is 10.2. The van der Waals surface area contributed by atoms with Crippen molar-refractivity contribution in [3.8, 4) is 0 Å². The van der Waals surface area contributed by atoms with E-state index in [-0.39, 0.29) is 11.9 Å². The van der Waals surface area contributed by atoms with Gasteiger partial charge in [-0.05, 0) is 43.4 Å². The normalized spacial score (nSPS) is 24.0. The zero-order chi connectivity index (χ0) is 15.2. The molecule has 1 aromatic carbocycles. The van der Waals surface area contributed by atoms with E-state index in [2.05, 4.69) is 19.2 Å². The first-order valence-corrected chi connectivity index (χ1v) is 8.73. The zero-order valence-electron chi connectivity index (χ0n) is 13.2. The van der Waals surface area contributed by atoms with Crippen molar-refractivity contribution in [1.29, 1.82) is 0 Å². The Labute approximate surface area is 133 Å². The maximum absolute atomic E-state index is 14.4. The van der Waals surface area contributed by atoms with Crippen LogP contribution in [0.15, 0.2) is 18.2 Å². The van der Waals surface area contributed by atoms with E-state index in [9.17, 15) is 4.39 Å². The monoisotopic (exact) mass is 311 g/mol. The highest BCUT2D eigenvalue weighted by atomic mass is 35.5. The number of benzene rings is 1. The molecule has 1 aliphatic carbocycles. The van der Waals surface area contributed by atoms with E-state index in [0.29, 0.717) is 16.9 Å². The summed E-state index contributed by atoms with van der Waals surface area (Å²) in [7, 11) is 0. The molecule has 1 N–H and O–H groups in total. The summed E-state index contributed by atoms with van der Waals surface area (Å²) in [6.45, 7) is 5.35. The third-order valence-corrected chi connectivity index (χ3v) is 5.07. The minimum atomic E-state index is -0.170. The Hall–Kier alpha value is -0.600. The van der Waals surface area contributed by atoms with Crippen molar-refractivity contribution in [2.75, 3.05) is 6.54 Å². The van der Waals surface area contributed by atoms with Gasteiger partial charge in [-0.15, -0.1) is 0 Å². The molecular weight excluding hydrogens is 285 g/mol. The molecule has 0 aliphatic heterocycles. The molecule has 0 heterocycles. The summed E-state index contributed by atoms with van der Waals surface area (Å²) in [5.41, 5.74) is 0.790. The molecule has 118 valence electrons. The summed E-state index contributed by atoms with van der Waals surface area (Å²) < 4.78 is 14.4. The second kappa shape index (κ2) is 8.14. The molecule has 1 nitrogen and oxygen atoms in total. The number of hydrogen-bond donors (Lipinski definition) is 1. The largest absolute Gasteiger partial charge is 0.310 e.